The van der Waals surface area contributed by atoms with E-state index in [2.05, 4.69) is 53.2 Å². The SMILES string of the molecule is CN=C(NCCCC(C)C)NCC(C)N1CCN(C)CC1. The highest BCUT2D eigenvalue weighted by Gasteiger charge is 2.18. The second-order valence-electron chi connectivity index (χ2n) is 6.60. The number of nitrogens with zero attached hydrogens (tertiary/aromatic N) is 3. The van der Waals surface area contributed by atoms with Crippen molar-refractivity contribution < 1.29 is 0 Å². The number of nitrogens with one attached hydrogen (secondary N) is 2. The van der Waals surface area contributed by atoms with E-state index in [1.54, 1.807) is 0 Å². The van der Waals surface area contributed by atoms with Gasteiger partial charge in [-0.15, -0.1) is 0 Å². The fraction of sp³-hybridized carbons (Fsp3) is 0.938. The Morgan fingerprint density at radius 3 is 2.33 bits per heavy atom. The Balaban J connectivity index is 2.18. The first-order valence-electron chi connectivity index (χ1n) is 8.40. The number of hydrogen-bond donors (Lipinski definition) is 2. The van der Waals surface area contributed by atoms with Gasteiger partial charge >= 0.3 is 0 Å². The summed E-state index contributed by atoms with van der Waals surface area (Å²) in [4.78, 5) is 9.25. The van der Waals surface area contributed by atoms with Crippen LogP contribution in [-0.4, -0.2) is 75.2 Å². The molecule has 2 N–H and O–H groups in total. The second-order valence-corrected chi connectivity index (χ2v) is 6.60. The third kappa shape index (κ3) is 7.67. The largest absolute Gasteiger partial charge is 0.356 e. The molecule has 124 valence electrons. The van der Waals surface area contributed by atoms with Crippen LogP contribution in [0.15, 0.2) is 4.99 Å². The number of aliphatic imine (C=N–C) groups is 1. The molecule has 0 bridgehead atoms. The van der Waals surface area contributed by atoms with Crippen LogP contribution in [0.25, 0.3) is 0 Å². The summed E-state index contributed by atoms with van der Waals surface area (Å²) in [5, 5.41) is 6.85. The minimum Gasteiger partial charge on any atom is -0.356 e. The maximum absolute atomic E-state index is 4.30. The quantitative estimate of drug-likeness (QED) is 0.421. The monoisotopic (exact) mass is 297 g/mol. The number of rotatable bonds is 7. The Morgan fingerprint density at radius 2 is 1.76 bits per heavy atom. The molecular weight excluding hydrogens is 262 g/mol. The van der Waals surface area contributed by atoms with Crippen molar-refractivity contribution in [3.63, 3.8) is 0 Å². The molecule has 1 atom stereocenters. The van der Waals surface area contributed by atoms with Crippen LogP contribution in [0.2, 0.25) is 0 Å². The van der Waals surface area contributed by atoms with Gasteiger partial charge in [-0.1, -0.05) is 13.8 Å². The van der Waals surface area contributed by atoms with Gasteiger partial charge in [0.2, 0.25) is 0 Å². The lowest BCUT2D eigenvalue weighted by Crippen LogP contribution is -2.52. The first-order chi connectivity index (χ1) is 10.0. The lowest BCUT2D eigenvalue weighted by Gasteiger charge is -2.36. The molecule has 1 rings (SSSR count). The predicted molar refractivity (Wildman–Crippen MR) is 92.0 cm³/mol. The Morgan fingerprint density at radius 1 is 1.10 bits per heavy atom. The van der Waals surface area contributed by atoms with Gasteiger partial charge in [-0.25, -0.2) is 0 Å². The van der Waals surface area contributed by atoms with Crippen molar-refractivity contribution in [1.82, 2.24) is 20.4 Å². The molecule has 1 saturated heterocycles. The molecule has 1 aliphatic heterocycles. The van der Waals surface area contributed by atoms with Crippen LogP contribution in [0, 0.1) is 5.92 Å². The van der Waals surface area contributed by atoms with Crippen molar-refractivity contribution in [1.29, 1.82) is 0 Å². The normalized spacial score (nSPS) is 19.8. The molecule has 0 aromatic heterocycles. The Kier molecular flexibility index (Phi) is 8.69. The van der Waals surface area contributed by atoms with E-state index >= 15 is 0 Å². The van der Waals surface area contributed by atoms with E-state index in [0.29, 0.717) is 6.04 Å². The van der Waals surface area contributed by atoms with Gasteiger partial charge in [-0.05, 0) is 32.7 Å². The Labute approximate surface area is 131 Å². The van der Waals surface area contributed by atoms with Gasteiger partial charge in [0.15, 0.2) is 5.96 Å². The molecule has 1 unspecified atom stereocenters. The smallest absolute Gasteiger partial charge is 0.191 e. The summed E-state index contributed by atoms with van der Waals surface area (Å²) in [5.74, 6) is 1.71. The molecule has 0 aromatic carbocycles. The average molecular weight is 297 g/mol. The number of hydrogen-bond acceptors (Lipinski definition) is 3. The molecule has 0 radical (unpaired) electrons. The van der Waals surface area contributed by atoms with E-state index in [9.17, 15) is 0 Å². The van der Waals surface area contributed by atoms with Gasteiger partial charge in [0.05, 0.1) is 0 Å². The standard InChI is InChI=1S/C16H35N5/c1-14(2)7-6-8-18-16(17-4)19-13-15(3)21-11-9-20(5)10-12-21/h14-15H,6-13H2,1-5H3,(H2,17,18,19). The fourth-order valence-electron chi connectivity index (χ4n) is 2.57. The van der Waals surface area contributed by atoms with E-state index in [1.165, 1.54) is 39.0 Å². The van der Waals surface area contributed by atoms with Gasteiger partial charge in [-0.2, -0.15) is 0 Å². The van der Waals surface area contributed by atoms with Crippen LogP contribution in [-0.2, 0) is 0 Å². The molecule has 5 heteroatoms. The topological polar surface area (TPSA) is 42.9 Å². The van der Waals surface area contributed by atoms with Crippen molar-refractivity contribution in [2.24, 2.45) is 10.9 Å². The average Bonchev–Trinajstić information content (AvgIpc) is 2.46. The fourth-order valence-corrected chi connectivity index (χ4v) is 2.57. The van der Waals surface area contributed by atoms with Crippen molar-refractivity contribution in [2.45, 2.75) is 39.7 Å². The molecule has 1 aliphatic rings. The summed E-state index contributed by atoms with van der Waals surface area (Å²) in [6.07, 6.45) is 2.47. The summed E-state index contributed by atoms with van der Waals surface area (Å²) in [6, 6.07) is 0.549. The highest BCUT2D eigenvalue weighted by Crippen LogP contribution is 2.04. The van der Waals surface area contributed by atoms with E-state index < -0.39 is 0 Å². The van der Waals surface area contributed by atoms with Gasteiger partial charge in [0.1, 0.15) is 0 Å². The van der Waals surface area contributed by atoms with Crippen LogP contribution >= 0.6 is 0 Å². The van der Waals surface area contributed by atoms with Gasteiger partial charge < -0.3 is 15.5 Å². The van der Waals surface area contributed by atoms with Crippen LogP contribution in [0.3, 0.4) is 0 Å². The zero-order chi connectivity index (χ0) is 15.7. The Bertz CT molecular complexity index is 295. The van der Waals surface area contributed by atoms with Crippen LogP contribution < -0.4 is 10.6 Å². The number of likely N-dealkylation sites (N-methyl/N-ethyl adjacent to an activating group) is 1. The minimum absolute atomic E-state index is 0.549. The molecule has 1 heterocycles. The molecule has 5 nitrogen and oxygen atoms in total. The molecular formula is C16H35N5. The van der Waals surface area contributed by atoms with Crippen molar-refractivity contribution in [3.05, 3.63) is 0 Å². The molecule has 0 amide bonds. The maximum Gasteiger partial charge on any atom is 0.191 e. The lowest BCUT2D eigenvalue weighted by molar-refractivity contribution is 0.120. The molecule has 0 aromatic rings. The first-order valence-corrected chi connectivity index (χ1v) is 8.40. The molecule has 1 fully saturated rings. The maximum atomic E-state index is 4.30. The third-order valence-corrected chi connectivity index (χ3v) is 4.20. The summed E-state index contributed by atoms with van der Waals surface area (Å²) < 4.78 is 0. The van der Waals surface area contributed by atoms with Crippen LogP contribution in [0.4, 0.5) is 0 Å². The minimum atomic E-state index is 0.549. The summed E-state index contributed by atoms with van der Waals surface area (Å²) in [5.41, 5.74) is 0. The lowest BCUT2D eigenvalue weighted by atomic mass is 10.1. The van der Waals surface area contributed by atoms with Gasteiger partial charge in [0, 0.05) is 52.4 Å². The second kappa shape index (κ2) is 10.0. The summed E-state index contributed by atoms with van der Waals surface area (Å²) in [7, 11) is 4.04. The van der Waals surface area contributed by atoms with Crippen molar-refractivity contribution in [2.75, 3.05) is 53.4 Å². The third-order valence-electron chi connectivity index (χ3n) is 4.20. The highest BCUT2D eigenvalue weighted by molar-refractivity contribution is 5.79. The Hall–Kier alpha value is -0.810. The summed E-state index contributed by atoms with van der Waals surface area (Å²) in [6.45, 7) is 13.5. The number of piperazine rings is 1. The number of guanidine groups is 1. The molecule has 0 saturated carbocycles. The van der Waals surface area contributed by atoms with Crippen molar-refractivity contribution in [3.8, 4) is 0 Å². The highest BCUT2D eigenvalue weighted by atomic mass is 15.3. The van der Waals surface area contributed by atoms with E-state index in [1.807, 2.05) is 7.05 Å². The first kappa shape index (κ1) is 18.2. The van der Waals surface area contributed by atoms with Gasteiger partial charge in [0.25, 0.3) is 0 Å². The summed E-state index contributed by atoms with van der Waals surface area (Å²) >= 11 is 0. The zero-order valence-corrected chi connectivity index (χ0v) is 14.7. The zero-order valence-electron chi connectivity index (χ0n) is 14.7. The van der Waals surface area contributed by atoms with E-state index in [0.717, 1.165) is 25.0 Å². The van der Waals surface area contributed by atoms with E-state index in [-0.39, 0.29) is 0 Å². The molecule has 21 heavy (non-hydrogen) atoms. The van der Waals surface area contributed by atoms with E-state index in [4.69, 9.17) is 0 Å². The predicted octanol–water partition coefficient (Wildman–Crippen LogP) is 1.22. The molecule has 0 spiro atoms. The molecule has 0 aliphatic carbocycles. The van der Waals surface area contributed by atoms with Gasteiger partial charge in [-0.3, -0.25) is 9.89 Å². The van der Waals surface area contributed by atoms with Crippen LogP contribution in [0.1, 0.15) is 33.6 Å². The van der Waals surface area contributed by atoms with Crippen molar-refractivity contribution >= 4 is 5.96 Å². The van der Waals surface area contributed by atoms with Crippen LogP contribution in [0.5, 0.6) is 0 Å².